The van der Waals surface area contributed by atoms with Crippen molar-refractivity contribution in [3.8, 4) is 0 Å². The van der Waals surface area contributed by atoms with Crippen molar-refractivity contribution < 1.29 is 9.94 Å². The van der Waals surface area contributed by atoms with Gasteiger partial charge in [0, 0.05) is 18.5 Å². The predicted molar refractivity (Wildman–Crippen MR) is 101 cm³/mol. The maximum atomic E-state index is 11.5. The van der Waals surface area contributed by atoms with Gasteiger partial charge in [-0.3, -0.25) is 0 Å². The van der Waals surface area contributed by atoms with Gasteiger partial charge in [0.2, 0.25) is 0 Å². The maximum absolute atomic E-state index is 11.5. The quantitative estimate of drug-likeness (QED) is 0.404. The Hall–Kier alpha value is -1.20. The Morgan fingerprint density at radius 2 is 2.08 bits per heavy atom. The van der Waals surface area contributed by atoms with Crippen LogP contribution in [0.3, 0.4) is 0 Å². The summed E-state index contributed by atoms with van der Waals surface area (Å²) in [6.45, 7) is 4.01. The van der Waals surface area contributed by atoms with Crippen LogP contribution < -0.4 is 11.2 Å². The van der Waals surface area contributed by atoms with Crippen molar-refractivity contribution in [1.82, 2.24) is 5.48 Å². The van der Waals surface area contributed by atoms with Gasteiger partial charge in [0.15, 0.2) is 0 Å². The molecule has 3 rings (SSSR count). The van der Waals surface area contributed by atoms with E-state index >= 15 is 0 Å². The van der Waals surface area contributed by atoms with Gasteiger partial charge in [0.05, 0.1) is 12.2 Å². The van der Waals surface area contributed by atoms with E-state index in [4.69, 9.17) is 10.6 Å². The van der Waals surface area contributed by atoms with Crippen molar-refractivity contribution in [2.75, 3.05) is 19.7 Å². The van der Waals surface area contributed by atoms with Crippen LogP contribution in [0.2, 0.25) is 0 Å². The standard InChI is InChI=1S/C21H32N2O2/c1-20-11-9-18(17-6-3-2-4-7-17)16-21(20,24)12-10-19(20)8-5-14-23-25-15-13-22/h2-8,18-19,23-24H,9-16,22H2,1H3/b8-5+/t18-,19-,20+,21-/m0/s1. The van der Waals surface area contributed by atoms with E-state index in [9.17, 15) is 5.11 Å². The van der Waals surface area contributed by atoms with Gasteiger partial charge in [0.25, 0.3) is 0 Å². The molecule has 25 heavy (non-hydrogen) atoms. The Labute approximate surface area is 151 Å². The Morgan fingerprint density at radius 3 is 2.84 bits per heavy atom. The van der Waals surface area contributed by atoms with Crippen LogP contribution in [0.15, 0.2) is 42.5 Å². The van der Waals surface area contributed by atoms with Crippen LogP contribution in [0.4, 0.5) is 0 Å². The van der Waals surface area contributed by atoms with E-state index in [-0.39, 0.29) is 5.41 Å². The minimum atomic E-state index is -0.551. The second-order valence-corrected chi connectivity index (χ2v) is 7.86. The van der Waals surface area contributed by atoms with E-state index in [1.165, 1.54) is 5.56 Å². The fourth-order valence-electron chi connectivity index (χ4n) is 4.87. The van der Waals surface area contributed by atoms with E-state index in [0.717, 1.165) is 32.1 Å². The van der Waals surface area contributed by atoms with Gasteiger partial charge in [0.1, 0.15) is 0 Å². The average molecular weight is 344 g/mol. The second-order valence-electron chi connectivity index (χ2n) is 7.86. The van der Waals surface area contributed by atoms with E-state index < -0.39 is 5.60 Å². The number of fused-ring (bicyclic) bond motifs is 1. The zero-order valence-corrected chi connectivity index (χ0v) is 15.3. The molecule has 0 unspecified atom stereocenters. The summed E-state index contributed by atoms with van der Waals surface area (Å²) in [6, 6.07) is 10.7. The average Bonchev–Trinajstić information content (AvgIpc) is 2.89. The van der Waals surface area contributed by atoms with Crippen LogP contribution >= 0.6 is 0 Å². The summed E-state index contributed by atoms with van der Waals surface area (Å²) in [6.07, 6.45) is 9.49. The molecule has 0 aromatic heterocycles. The van der Waals surface area contributed by atoms with Crippen molar-refractivity contribution >= 4 is 0 Å². The lowest BCUT2D eigenvalue weighted by molar-refractivity contribution is -0.0984. The molecule has 0 amide bonds. The van der Waals surface area contributed by atoms with Gasteiger partial charge in [-0.1, -0.05) is 49.4 Å². The summed E-state index contributed by atoms with van der Waals surface area (Å²) in [5.41, 5.74) is 9.10. The van der Waals surface area contributed by atoms with Crippen LogP contribution in [0.1, 0.15) is 50.5 Å². The molecule has 4 heteroatoms. The first-order valence-corrected chi connectivity index (χ1v) is 9.58. The number of benzene rings is 1. The number of hydrogen-bond acceptors (Lipinski definition) is 4. The lowest BCUT2D eigenvalue weighted by Gasteiger charge is -2.49. The second kappa shape index (κ2) is 8.00. The third-order valence-electron chi connectivity index (χ3n) is 6.51. The molecule has 0 radical (unpaired) electrons. The van der Waals surface area contributed by atoms with Crippen molar-refractivity contribution in [3.05, 3.63) is 48.0 Å². The van der Waals surface area contributed by atoms with Crippen LogP contribution in [0.25, 0.3) is 0 Å². The van der Waals surface area contributed by atoms with Crippen molar-refractivity contribution in [2.24, 2.45) is 17.1 Å². The van der Waals surface area contributed by atoms with Gasteiger partial charge in [-0.25, -0.2) is 0 Å². The van der Waals surface area contributed by atoms with Gasteiger partial charge in [-0.2, -0.15) is 5.48 Å². The molecular formula is C21H32N2O2. The Morgan fingerprint density at radius 1 is 1.28 bits per heavy atom. The molecule has 0 bridgehead atoms. The first-order valence-electron chi connectivity index (χ1n) is 9.58. The zero-order valence-electron chi connectivity index (χ0n) is 15.3. The highest BCUT2D eigenvalue weighted by Gasteiger charge is 2.58. The molecule has 4 atom stereocenters. The number of hydroxylamine groups is 1. The normalized spacial score (nSPS) is 35.2. The summed E-state index contributed by atoms with van der Waals surface area (Å²) >= 11 is 0. The summed E-state index contributed by atoms with van der Waals surface area (Å²) in [5, 5.41) is 11.5. The van der Waals surface area contributed by atoms with Crippen molar-refractivity contribution in [3.63, 3.8) is 0 Å². The summed E-state index contributed by atoms with van der Waals surface area (Å²) in [4.78, 5) is 5.19. The number of rotatable bonds is 7. The van der Waals surface area contributed by atoms with Gasteiger partial charge < -0.3 is 15.7 Å². The molecule has 0 aliphatic heterocycles. The molecule has 4 nitrogen and oxygen atoms in total. The number of nitrogens with two attached hydrogens (primary N) is 1. The van der Waals surface area contributed by atoms with Crippen molar-refractivity contribution in [1.29, 1.82) is 0 Å². The minimum Gasteiger partial charge on any atom is -0.389 e. The molecule has 4 N–H and O–H groups in total. The molecule has 2 fully saturated rings. The molecule has 2 saturated carbocycles. The first kappa shape index (κ1) is 18.6. The molecule has 138 valence electrons. The van der Waals surface area contributed by atoms with Crippen molar-refractivity contribution in [2.45, 2.75) is 50.5 Å². The fraction of sp³-hybridized carbons (Fsp3) is 0.619. The van der Waals surface area contributed by atoms with Crippen LogP contribution in [-0.4, -0.2) is 30.4 Å². The van der Waals surface area contributed by atoms with E-state index in [2.05, 4.69) is 54.9 Å². The molecule has 1 aromatic rings. The third kappa shape index (κ3) is 3.82. The van der Waals surface area contributed by atoms with Crippen LogP contribution in [0, 0.1) is 11.3 Å². The predicted octanol–water partition coefficient (Wildman–Crippen LogP) is 3.14. The van der Waals surface area contributed by atoms with Gasteiger partial charge >= 0.3 is 0 Å². The molecule has 2 aliphatic rings. The first-order chi connectivity index (χ1) is 12.1. The minimum absolute atomic E-state index is 0.0209. The monoisotopic (exact) mass is 344 g/mol. The summed E-state index contributed by atoms with van der Waals surface area (Å²) in [7, 11) is 0. The molecular weight excluding hydrogens is 312 g/mol. The smallest absolute Gasteiger partial charge is 0.0804 e. The molecule has 0 saturated heterocycles. The Bertz CT molecular complexity index is 577. The Balaban J connectivity index is 1.62. The summed E-state index contributed by atoms with van der Waals surface area (Å²) in [5.74, 6) is 0.916. The molecule has 0 spiro atoms. The fourth-order valence-corrected chi connectivity index (χ4v) is 4.87. The number of hydrogen-bond donors (Lipinski definition) is 3. The Kier molecular flexibility index (Phi) is 5.95. The topological polar surface area (TPSA) is 67.5 Å². The highest BCUT2D eigenvalue weighted by molar-refractivity contribution is 5.24. The van der Waals surface area contributed by atoms with E-state index in [1.807, 2.05) is 0 Å². The third-order valence-corrected chi connectivity index (χ3v) is 6.51. The largest absolute Gasteiger partial charge is 0.389 e. The maximum Gasteiger partial charge on any atom is 0.0804 e. The van der Waals surface area contributed by atoms with E-state index in [1.54, 1.807) is 0 Å². The van der Waals surface area contributed by atoms with Gasteiger partial charge in [-0.05, 0) is 49.5 Å². The van der Waals surface area contributed by atoms with Gasteiger partial charge in [-0.15, -0.1) is 0 Å². The SMILES string of the molecule is C[C@]12CC[C@H](c3ccccc3)C[C@@]1(O)CC[C@@H]2/C=C/CNOCCN. The molecule has 0 heterocycles. The summed E-state index contributed by atoms with van der Waals surface area (Å²) < 4.78 is 0. The van der Waals surface area contributed by atoms with E-state index in [0.29, 0.717) is 31.5 Å². The lowest BCUT2D eigenvalue weighted by Crippen LogP contribution is -2.49. The van der Waals surface area contributed by atoms with Crippen LogP contribution in [0.5, 0.6) is 0 Å². The number of nitrogens with one attached hydrogen (secondary N) is 1. The molecule has 2 aliphatic carbocycles. The number of allylic oxidation sites excluding steroid dienone is 1. The van der Waals surface area contributed by atoms with Crippen LogP contribution in [-0.2, 0) is 4.84 Å². The number of aliphatic hydroxyl groups is 1. The molecule has 1 aromatic carbocycles. The lowest BCUT2D eigenvalue weighted by atomic mass is 9.59. The highest BCUT2D eigenvalue weighted by atomic mass is 16.6. The zero-order chi connectivity index (χ0) is 17.8. The highest BCUT2D eigenvalue weighted by Crippen LogP contribution is 2.60.